The molecule has 1 aliphatic rings. The summed E-state index contributed by atoms with van der Waals surface area (Å²) in [5.74, 6) is 1.94. The largest absolute Gasteiger partial charge is 0.355 e. The van der Waals surface area contributed by atoms with Crippen LogP contribution < -0.4 is 5.32 Å². The van der Waals surface area contributed by atoms with Crippen molar-refractivity contribution < 1.29 is 4.79 Å². The fourth-order valence-electron chi connectivity index (χ4n) is 3.53. The number of rotatable bonds is 6. The summed E-state index contributed by atoms with van der Waals surface area (Å²) in [7, 11) is 0. The first-order valence-corrected chi connectivity index (χ1v) is 9.62. The summed E-state index contributed by atoms with van der Waals surface area (Å²) in [6.45, 7) is 12.2. The van der Waals surface area contributed by atoms with Crippen molar-refractivity contribution in [2.75, 3.05) is 6.54 Å². The SMILES string of the molecule is CCC(CC)C(Br)CNC(=O)C1CCC(C(C)(C)C)CC1. The van der Waals surface area contributed by atoms with Gasteiger partial charge in [0.15, 0.2) is 0 Å². The van der Waals surface area contributed by atoms with Crippen LogP contribution in [0.15, 0.2) is 0 Å². The van der Waals surface area contributed by atoms with Crippen LogP contribution in [-0.2, 0) is 4.79 Å². The van der Waals surface area contributed by atoms with Crippen LogP contribution in [0.1, 0.15) is 73.1 Å². The highest BCUT2D eigenvalue weighted by atomic mass is 79.9. The van der Waals surface area contributed by atoms with Gasteiger partial charge in [0.1, 0.15) is 0 Å². The molecule has 1 fully saturated rings. The number of nitrogens with one attached hydrogen (secondary N) is 1. The normalized spacial score (nSPS) is 24.9. The molecular weight excluding hydrogens is 326 g/mol. The number of alkyl halides is 1. The molecule has 3 heteroatoms. The van der Waals surface area contributed by atoms with Crippen LogP contribution in [0, 0.1) is 23.2 Å². The van der Waals surface area contributed by atoms with Gasteiger partial charge in [-0.2, -0.15) is 0 Å². The van der Waals surface area contributed by atoms with Gasteiger partial charge in [0.25, 0.3) is 0 Å². The van der Waals surface area contributed by atoms with E-state index in [1.165, 1.54) is 25.7 Å². The molecule has 21 heavy (non-hydrogen) atoms. The van der Waals surface area contributed by atoms with Crippen molar-refractivity contribution in [1.29, 1.82) is 0 Å². The highest BCUT2D eigenvalue weighted by molar-refractivity contribution is 9.09. The lowest BCUT2D eigenvalue weighted by Gasteiger charge is -2.36. The topological polar surface area (TPSA) is 29.1 Å². The summed E-state index contributed by atoms with van der Waals surface area (Å²) in [6, 6.07) is 0. The Morgan fingerprint density at radius 1 is 1.14 bits per heavy atom. The molecule has 1 N–H and O–H groups in total. The number of carbonyl (C=O) groups excluding carboxylic acids is 1. The molecule has 0 bridgehead atoms. The lowest BCUT2D eigenvalue weighted by Crippen LogP contribution is -2.39. The minimum Gasteiger partial charge on any atom is -0.355 e. The van der Waals surface area contributed by atoms with E-state index in [1.807, 2.05) is 0 Å². The number of carbonyl (C=O) groups is 1. The lowest BCUT2D eigenvalue weighted by atomic mass is 9.69. The summed E-state index contributed by atoms with van der Waals surface area (Å²) in [5, 5.41) is 3.17. The van der Waals surface area contributed by atoms with E-state index in [4.69, 9.17) is 0 Å². The average Bonchev–Trinajstić information content (AvgIpc) is 2.45. The molecule has 0 aromatic rings. The Labute approximate surface area is 140 Å². The predicted octanol–water partition coefficient (Wildman–Crippen LogP) is 5.15. The van der Waals surface area contributed by atoms with E-state index in [1.54, 1.807) is 0 Å². The molecule has 1 saturated carbocycles. The molecule has 0 aliphatic heterocycles. The second kappa shape index (κ2) is 8.55. The zero-order valence-electron chi connectivity index (χ0n) is 14.5. The van der Waals surface area contributed by atoms with Gasteiger partial charge in [0, 0.05) is 17.3 Å². The first-order chi connectivity index (χ1) is 9.79. The molecule has 0 aromatic carbocycles. The van der Waals surface area contributed by atoms with Gasteiger partial charge in [-0.25, -0.2) is 0 Å². The van der Waals surface area contributed by atoms with Crippen molar-refractivity contribution in [1.82, 2.24) is 5.32 Å². The van der Waals surface area contributed by atoms with Crippen LogP contribution in [0.2, 0.25) is 0 Å². The molecule has 1 aliphatic carbocycles. The second-order valence-corrected chi connectivity index (χ2v) is 8.93. The molecule has 0 spiro atoms. The summed E-state index contributed by atoms with van der Waals surface area (Å²) in [6.07, 6.45) is 6.85. The van der Waals surface area contributed by atoms with E-state index < -0.39 is 0 Å². The van der Waals surface area contributed by atoms with Gasteiger partial charge in [0.2, 0.25) is 5.91 Å². The fraction of sp³-hybridized carbons (Fsp3) is 0.944. The van der Waals surface area contributed by atoms with Gasteiger partial charge in [0.05, 0.1) is 0 Å². The number of hydrogen-bond donors (Lipinski definition) is 1. The summed E-state index contributed by atoms with van der Waals surface area (Å²) in [4.78, 5) is 12.7. The standard InChI is InChI=1S/C18H34BrNO/c1-6-13(7-2)16(19)12-20-17(21)14-8-10-15(11-9-14)18(3,4)5/h13-16H,6-12H2,1-5H3,(H,20,21). The summed E-state index contributed by atoms with van der Waals surface area (Å²) < 4.78 is 0. The van der Waals surface area contributed by atoms with Crippen molar-refractivity contribution in [2.45, 2.75) is 78.0 Å². The number of hydrogen-bond acceptors (Lipinski definition) is 1. The van der Waals surface area contributed by atoms with Gasteiger partial charge in [-0.05, 0) is 42.9 Å². The molecule has 0 heterocycles. The zero-order chi connectivity index (χ0) is 16.0. The third-order valence-corrected chi connectivity index (χ3v) is 6.43. The number of amides is 1. The smallest absolute Gasteiger partial charge is 0.223 e. The Kier molecular flexibility index (Phi) is 7.73. The molecule has 0 saturated heterocycles. The van der Waals surface area contributed by atoms with Gasteiger partial charge < -0.3 is 5.32 Å². The Hall–Kier alpha value is -0.0500. The lowest BCUT2D eigenvalue weighted by molar-refractivity contribution is -0.126. The summed E-state index contributed by atoms with van der Waals surface area (Å²) >= 11 is 3.74. The van der Waals surface area contributed by atoms with Crippen molar-refractivity contribution in [2.24, 2.45) is 23.2 Å². The first-order valence-electron chi connectivity index (χ1n) is 8.71. The van der Waals surface area contributed by atoms with Gasteiger partial charge in [-0.3, -0.25) is 4.79 Å². The highest BCUT2D eigenvalue weighted by Crippen LogP contribution is 2.39. The Morgan fingerprint density at radius 2 is 1.67 bits per heavy atom. The second-order valence-electron chi connectivity index (χ2n) is 7.75. The summed E-state index contributed by atoms with van der Waals surface area (Å²) in [5.41, 5.74) is 0.387. The molecule has 2 nitrogen and oxygen atoms in total. The minimum atomic E-state index is 0.241. The molecular formula is C18H34BrNO. The Balaban J connectivity index is 2.34. The van der Waals surface area contributed by atoms with Crippen molar-refractivity contribution >= 4 is 21.8 Å². The fourth-order valence-corrected chi connectivity index (χ4v) is 4.44. The van der Waals surface area contributed by atoms with Crippen LogP contribution in [0.5, 0.6) is 0 Å². The molecule has 0 aromatic heterocycles. The van der Waals surface area contributed by atoms with Crippen molar-refractivity contribution in [3.8, 4) is 0 Å². The zero-order valence-corrected chi connectivity index (χ0v) is 16.1. The first kappa shape index (κ1) is 19.0. The monoisotopic (exact) mass is 359 g/mol. The van der Waals surface area contributed by atoms with Gasteiger partial charge in [-0.1, -0.05) is 63.4 Å². The third-order valence-electron chi connectivity index (χ3n) is 5.35. The van der Waals surface area contributed by atoms with E-state index in [0.29, 0.717) is 16.2 Å². The average molecular weight is 360 g/mol. The van der Waals surface area contributed by atoms with E-state index >= 15 is 0 Å². The van der Waals surface area contributed by atoms with E-state index in [0.717, 1.165) is 25.3 Å². The maximum Gasteiger partial charge on any atom is 0.223 e. The van der Waals surface area contributed by atoms with Crippen LogP contribution >= 0.6 is 15.9 Å². The van der Waals surface area contributed by atoms with Gasteiger partial charge in [-0.15, -0.1) is 0 Å². The highest BCUT2D eigenvalue weighted by Gasteiger charge is 2.32. The van der Waals surface area contributed by atoms with Crippen LogP contribution in [0.25, 0.3) is 0 Å². The third kappa shape index (κ3) is 5.92. The molecule has 1 atom stereocenters. The molecule has 0 radical (unpaired) electrons. The maximum atomic E-state index is 12.3. The van der Waals surface area contributed by atoms with E-state index in [2.05, 4.69) is 55.9 Å². The Morgan fingerprint density at radius 3 is 2.10 bits per heavy atom. The van der Waals surface area contributed by atoms with E-state index in [9.17, 15) is 4.79 Å². The predicted molar refractivity (Wildman–Crippen MR) is 94.7 cm³/mol. The molecule has 1 amide bonds. The van der Waals surface area contributed by atoms with Crippen molar-refractivity contribution in [3.05, 3.63) is 0 Å². The quantitative estimate of drug-likeness (QED) is 0.652. The van der Waals surface area contributed by atoms with Crippen LogP contribution in [0.4, 0.5) is 0 Å². The number of halogens is 1. The molecule has 1 unspecified atom stereocenters. The maximum absolute atomic E-state index is 12.3. The Bertz CT molecular complexity index is 312. The molecule has 1 rings (SSSR count). The van der Waals surface area contributed by atoms with Crippen molar-refractivity contribution in [3.63, 3.8) is 0 Å². The van der Waals surface area contributed by atoms with Crippen LogP contribution in [0.3, 0.4) is 0 Å². The van der Waals surface area contributed by atoms with Crippen LogP contribution in [-0.4, -0.2) is 17.3 Å². The van der Waals surface area contributed by atoms with E-state index in [-0.39, 0.29) is 11.8 Å². The van der Waals surface area contributed by atoms with Gasteiger partial charge >= 0.3 is 0 Å². The minimum absolute atomic E-state index is 0.241. The molecule has 124 valence electrons.